The van der Waals surface area contributed by atoms with E-state index in [2.05, 4.69) is 10.6 Å². The van der Waals surface area contributed by atoms with Gasteiger partial charge in [0.2, 0.25) is 17.7 Å². The van der Waals surface area contributed by atoms with Crippen LogP contribution in [0, 0.1) is 17.8 Å². The molecule has 2 N–H and O–H groups in total. The van der Waals surface area contributed by atoms with Crippen LogP contribution in [0.5, 0.6) is 0 Å². The van der Waals surface area contributed by atoms with Crippen molar-refractivity contribution >= 4 is 24.0 Å². The molecule has 0 aromatic heterocycles. The second-order valence-electron chi connectivity index (χ2n) is 11.5. The van der Waals surface area contributed by atoms with Crippen LogP contribution < -0.4 is 10.6 Å². The molecule has 1 aliphatic carbocycles. The van der Waals surface area contributed by atoms with Gasteiger partial charge in [0.05, 0.1) is 43.3 Å². The van der Waals surface area contributed by atoms with Crippen molar-refractivity contribution in [1.82, 2.24) is 20.4 Å². The van der Waals surface area contributed by atoms with Crippen molar-refractivity contribution in [1.29, 1.82) is 0 Å². The number of likely N-dealkylation sites (N-methyl/N-ethyl adjacent to an activating group) is 1. The molecule has 3 aliphatic rings. The molecule has 2 saturated heterocycles. The Bertz CT molecular complexity index is 840. The fourth-order valence-electron chi connectivity index (χ4n) is 6.83. The number of hydrogen-bond acceptors (Lipinski definition) is 7. The van der Waals surface area contributed by atoms with E-state index < -0.39 is 6.10 Å². The van der Waals surface area contributed by atoms with Gasteiger partial charge in [0.1, 0.15) is 6.29 Å². The number of rotatable bonds is 14. The SMILES string of the molecule is CCC(C)C(C(CC(=O)N1CCCC1C(OC)C(C)C=O)OC)N(C)C(=O)CNC(=O)C1NC2CC[C@H]1C2. The Morgan fingerprint density at radius 2 is 1.89 bits per heavy atom. The molecular weight excluding hydrogens is 488 g/mol. The first kappa shape index (κ1) is 30.5. The minimum atomic E-state index is -0.514. The molecule has 0 radical (unpaired) electrons. The third kappa shape index (κ3) is 6.74. The van der Waals surface area contributed by atoms with Gasteiger partial charge in [-0.05, 0) is 43.9 Å². The first-order valence-corrected chi connectivity index (χ1v) is 14.3. The molecule has 2 aliphatic heterocycles. The largest absolute Gasteiger partial charge is 0.379 e. The number of methoxy groups -OCH3 is 2. The highest BCUT2D eigenvalue weighted by Crippen LogP contribution is 2.35. The predicted octanol–water partition coefficient (Wildman–Crippen LogP) is 1.36. The van der Waals surface area contributed by atoms with E-state index in [9.17, 15) is 19.2 Å². The van der Waals surface area contributed by atoms with E-state index >= 15 is 0 Å². The van der Waals surface area contributed by atoms with E-state index in [1.54, 1.807) is 26.2 Å². The lowest BCUT2D eigenvalue weighted by Crippen LogP contribution is -2.55. The first-order chi connectivity index (χ1) is 18.2. The highest BCUT2D eigenvalue weighted by molar-refractivity contribution is 5.88. The van der Waals surface area contributed by atoms with Gasteiger partial charge in [-0.2, -0.15) is 0 Å². The van der Waals surface area contributed by atoms with Gasteiger partial charge >= 0.3 is 0 Å². The molecule has 38 heavy (non-hydrogen) atoms. The summed E-state index contributed by atoms with van der Waals surface area (Å²) in [5.41, 5.74) is 0. The Morgan fingerprint density at radius 3 is 2.45 bits per heavy atom. The van der Waals surface area contributed by atoms with Crippen LogP contribution in [0.3, 0.4) is 0 Å². The van der Waals surface area contributed by atoms with Gasteiger partial charge in [-0.3, -0.25) is 14.4 Å². The molecule has 216 valence electrons. The lowest BCUT2D eigenvalue weighted by molar-refractivity contribution is -0.144. The van der Waals surface area contributed by atoms with Gasteiger partial charge in [-0.1, -0.05) is 27.2 Å². The Labute approximate surface area is 227 Å². The van der Waals surface area contributed by atoms with Crippen molar-refractivity contribution in [2.45, 2.75) is 102 Å². The zero-order chi connectivity index (χ0) is 28.0. The molecule has 8 unspecified atom stereocenters. The summed E-state index contributed by atoms with van der Waals surface area (Å²) in [6.45, 7) is 6.43. The van der Waals surface area contributed by atoms with Gasteiger partial charge in [-0.25, -0.2) is 0 Å². The molecule has 2 bridgehead atoms. The van der Waals surface area contributed by atoms with Crippen LogP contribution in [0.4, 0.5) is 0 Å². The molecule has 3 fully saturated rings. The van der Waals surface area contributed by atoms with Crippen molar-refractivity contribution in [3.8, 4) is 0 Å². The maximum absolute atomic E-state index is 13.5. The molecule has 3 amide bonds. The van der Waals surface area contributed by atoms with E-state index in [1.165, 1.54) is 0 Å². The molecular formula is C28H48N4O6. The number of piperidine rings is 1. The summed E-state index contributed by atoms with van der Waals surface area (Å²) in [6, 6.07) is -0.304. The monoisotopic (exact) mass is 536 g/mol. The molecule has 10 nitrogen and oxygen atoms in total. The van der Waals surface area contributed by atoms with Gasteiger partial charge in [0.25, 0.3) is 0 Å². The van der Waals surface area contributed by atoms with Crippen molar-refractivity contribution < 1.29 is 28.7 Å². The van der Waals surface area contributed by atoms with Crippen molar-refractivity contribution in [2.75, 3.05) is 34.4 Å². The van der Waals surface area contributed by atoms with Gasteiger partial charge < -0.3 is 34.7 Å². The summed E-state index contributed by atoms with van der Waals surface area (Å²) in [7, 11) is 4.88. The second-order valence-corrected chi connectivity index (χ2v) is 11.5. The third-order valence-corrected chi connectivity index (χ3v) is 9.19. The Morgan fingerprint density at radius 1 is 1.16 bits per heavy atom. The van der Waals surface area contributed by atoms with E-state index in [4.69, 9.17) is 9.47 Å². The third-order valence-electron chi connectivity index (χ3n) is 9.19. The smallest absolute Gasteiger partial charge is 0.242 e. The normalized spacial score (nSPS) is 28.4. The summed E-state index contributed by atoms with van der Waals surface area (Å²) in [5.74, 6) is -0.288. The molecule has 0 spiro atoms. The number of nitrogens with one attached hydrogen (secondary N) is 2. The van der Waals surface area contributed by atoms with Crippen molar-refractivity contribution in [3.63, 3.8) is 0 Å². The van der Waals surface area contributed by atoms with E-state index in [1.807, 2.05) is 25.7 Å². The maximum atomic E-state index is 13.5. The van der Waals surface area contributed by atoms with E-state index in [0.717, 1.165) is 44.8 Å². The van der Waals surface area contributed by atoms with E-state index in [-0.39, 0.29) is 66.8 Å². The number of nitrogens with zero attached hydrogens (tertiary/aromatic N) is 2. The van der Waals surface area contributed by atoms with Crippen LogP contribution in [0.15, 0.2) is 0 Å². The zero-order valence-electron chi connectivity index (χ0n) is 24.0. The molecule has 0 aromatic rings. The lowest BCUT2D eigenvalue weighted by Gasteiger charge is -2.39. The number of fused-ring (bicyclic) bond motifs is 2. The molecule has 0 aromatic carbocycles. The number of amides is 3. The number of likely N-dealkylation sites (tertiary alicyclic amines) is 1. The van der Waals surface area contributed by atoms with Crippen LogP contribution >= 0.6 is 0 Å². The zero-order valence-corrected chi connectivity index (χ0v) is 24.0. The topological polar surface area (TPSA) is 117 Å². The summed E-state index contributed by atoms with van der Waals surface area (Å²) < 4.78 is 11.5. The number of ether oxygens (including phenoxy) is 2. The summed E-state index contributed by atoms with van der Waals surface area (Å²) in [5, 5.41) is 6.20. The van der Waals surface area contributed by atoms with Crippen LogP contribution in [0.1, 0.15) is 65.7 Å². The lowest BCUT2D eigenvalue weighted by atomic mass is 9.90. The summed E-state index contributed by atoms with van der Waals surface area (Å²) in [4.78, 5) is 54.4. The number of hydrogen-bond donors (Lipinski definition) is 2. The van der Waals surface area contributed by atoms with Crippen molar-refractivity contribution in [2.24, 2.45) is 17.8 Å². The molecule has 2 heterocycles. The summed E-state index contributed by atoms with van der Waals surface area (Å²) in [6.07, 6.45) is 5.75. The Balaban J connectivity index is 1.64. The fraction of sp³-hybridized carbons (Fsp3) is 0.857. The number of aldehydes is 1. The predicted molar refractivity (Wildman–Crippen MR) is 143 cm³/mol. The van der Waals surface area contributed by atoms with Gasteiger partial charge in [0, 0.05) is 39.8 Å². The molecule has 3 rings (SSSR count). The highest BCUT2D eigenvalue weighted by Gasteiger charge is 2.43. The molecule has 1 saturated carbocycles. The van der Waals surface area contributed by atoms with Crippen LogP contribution in [0.2, 0.25) is 0 Å². The second kappa shape index (κ2) is 13.8. The Hall–Kier alpha value is -2.04. The fourth-order valence-corrected chi connectivity index (χ4v) is 6.83. The average molecular weight is 537 g/mol. The Kier molecular flexibility index (Phi) is 11.1. The standard InChI is InChI=1S/C28H48N4O6/c1-7-17(2)26(31(4)24(35)15-29-28(36)25-19-10-11-20(13-19)30-25)22(37-5)14-23(34)32-12-8-9-21(32)27(38-6)18(3)16-33/h16-22,25-27,30H,7-15H2,1-6H3,(H,29,36)/t17?,18?,19-,20?,21?,22?,25?,26?,27?/m0/s1. The highest BCUT2D eigenvalue weighted by atomic mass is 16.5. The molecule has 9 atom stereocenters. The quantitative estimate of drug-likeness (QED) is 0.322. The van der Waals surface area contributed by atoms with Crippen LogP contribution in [0.25, 0.3) is 0 Å². The average Bonchev–Trinajstić information content (AvgIpc) is 3.69. The van der Waals surface area contributed by atoms with Crippen molar-refractivity contribution in [3.05, 3.63) is 0 Å². The van der Waals surface area contributed by atoms with Gasteiger partial charge in [0.15, 0.2) is 0 Å². The van der Waals surface area contributed by atoms with E-state index in [0.29, 0.717) is 18.5 Å². The maximum Gasteiger partial charge on any atom is 0.242 e. The first-order valence-electron chi connectivity index (χ1n) is 14.3. The minimum Gasteiger partial charge on any atom is -0.379 e. The number of carbonyl (C=O) groups excluding carboxylic acids is 4. The van der Waals surface area contributed by atoms with Gasteiger partial charge in [-0.15, -0.1) is 0 Å². The summed E-state index contributed by atoms with van der Waals surface area (Å²) >= 11 is 0. The number of carbonyl (C=O) groups is 4. The van der Waals surface area contributed by atoms with Crippen LogP contribution in [-0.4, -0.2) is 105 Å². The molecule has 10 heteroatoms. The minimum absolute atomic E-state index is 0.0654. The van der Waals surface area contributed by atoms with Crippen LogP contribution in [-0.2, 0) is 28.7 Å².